The fourth-order valence-corrected chi connectivity index (χ4v) is 3.05. The first-order valence-corrected chi connectivity index (χ1v) is 8.06. The first kappa shape index (κ1) is 16.4. The number of hydrogen-bond acceptors (Lipinski definition) is 4. The zero-order valence-electron chi connectivity index (χ0n) is 12.4. The molecule has 0 saturated carbocycles. The third-order valence-corrected chi connectivity index (χ3v) is 4.33. The van der Waals surface area contributed by atoms with Crippen molar-refractivity contribution in [2.24, 2.45) is 0 Å². The number of para-hydroxylation sites is 1. The second kappa shape index (κ2) is 7.00. The van der Waals surface area contributed by atoms with Crippen LogP contribution in [0.2, 0.25) is 0 Å². The second-order valence-electron chi connectivity index (χ2n) is 5.12. The molecule has 0 saturated heterocycles. The lowest BCUT2D eigenvalue weighted by Crippen LogP contribution is -2.38. The highest BCUT2D eigenvalue weighted by atomic mass is 32.2. The van der Waals surface area contributed by atoms with E-state index in [1.165, 1.54) is 12.1 Å². The van der Waals surface area contributed by atoms with E-state index in [1.807, 2.05) is 0 Å². The first-order chi connectivity index (χ1) is 11.5. The fourth-order valence-electron chi connectivity index (χ4n) is 2.46. The predicted molar refractivity (Wildman–Crippen MR) is 86.3 cm³/mol. The maximum absolute atomic E-state index is 12.6. The number of nitrogens with one attached hydrogen (secondary N) is 1. The van der Waals surface area contributed by atoms with Crippen molar-refractivity contribution in [1.29, 1.82) is 0 Å². The number of fused-ring (bicyclic) bond motifs is 1. The number of benzene rings is 2. The van der Waals surface area contributed by atoms with E-state index in [9.17, 15) is 18.4 Å². The molecule has 3 rings (SSSR count). The molecule has 2 aromatic carbocycles. The summed E-state index contributed by atoms with van der Waals surface area (Å²) in [7, 11) is 0. The van der Waals surface area contributed by atoms with Crippen LogP contribution >= 0.6 is 11.8 Å². The lowest BCUT2D eigenvalue weighted by molar-refractivity contribution is -0.125. The van der Waals surface area contributed by atoms with Gasteiger partial charge in [-0.05, 0) is 23.8 Å². The number of thioether (sulfide) groups is 1. The van der Waals surface area contributed by atoms with E-state index >= 15 is 0 Å². The highest BCUT2D eigenvalue weighted by molar-refractivity contribution is 7.99. The molecule has 0 aliphatic carbocycles. The lowest BCUT2D eigenvalue weighted by atomic mass is 9.98. The summed E-state index contributed by atoms with van der Waals surface area (Å²) in [6, 6.07) is 13.2. The Bertz CT molecular complexity index is 782. The van der Waals surface area contributed by atoms with Crippen molar-refractivity contribution in [3.05, 3.63) is 59.7 Å². The SMILES string of the molecule is O=C1OC(C(=O)Nc2ccccc2SC(F)F)Cc2ccccc21. The van der Waals surface area contributed by atoms with Crippen molar-refractivity contribution in [2.45, 2.75) is 23.2 Å². The Morgan fingerprint density at radius 1 is 1.17 bits per heavy atom. The smallest absolute Gasteiger partial charge is 0.339 e. The van der Waals surface area contributed by atoms with Gasteiger partial charge in [0.1, 0.15) is 0 Å². The Morgan fingerprint density at radius 3 is 2.67 bits per heavy atom. The number of rotatable bonds is 4. The van der Waals surface area contributed by atoms with Crippen LogP contribution in [0.3, 0.4) is 0 Å². The number of carbonyl (C=O) groups is 2. The molecule has 0 spiro atoms. The number of esters is 1. The first-order valence-electron chi connectivity index (χ1n) is 7.18. The molecule has 0 aromatic heterocycles. The fraction of sp³-hybridized carbons (Fsp3) is 0.176. The van der Waals surface area contributed by atoms with Gasteiger partial charge in [-0.15, -0.1) is 0 Å². The van der Waals surface area contributed by atoms with Crippen molar-refractivity contribution >= 4 is 29.3 Å². The van der Waals surface area contributed by atoms with Crippen LogP contribution in [0.25, 0.3) is 0 Å². The molecule has 24 heavy (non-hydrogen) atoms. The number of alkyl halides is 2. The van der Waals surface area contributed by atoms with E-state index in [-0.39, 0.29) is 17.0 Å². The molecule has 1 unspecified atom stereocenters. The summed E-state index contributed by atoms with van der Waals surface area (Å²) >= 11 is 0.347. The molecular formula is C17H13F2NO3S. The predicted octanol–water partition coefficient (Wildman–Crippen LogP) is 3.72. The number of carbonyl (C=O) groups excluding carboxylic acids is 2. The van der Waals surface area contributed by atoms with Crippen LogP contribution in [-0.2, 0) is 16.0 Å². The molecule has 1 N–H and O–H groups in total. The Labute approximate surface area is 141 Å². The highest BCUT2D eigenvalue weighted by Crippen LogP contribution is 2.32. The Morgan fingerprint density at radius 2 is 1.88 bits per heavy atom. The van der Waals surface area contributed by atoms with E-state index < -0.39 is 23.7 Å². The molecule has 1 atom stereocenters. The summed E-state index contributed by atoms with van der Waals surface area (Å²) in [4.78, 5) is 24.6. The van der Waals surface area contributed by atoms with Crippen LogP contribution in [0.5, 0.6) is 0 Å². The third kappa shape index (κ3) is 3.56. The number of halogens is 2. The van der Waals surface area contributed by atoms with Gasteiger partial charge in [-0.2, -0.15) is 8.78 Å². The average Bonchev–Trinajstić information content (AvgIpc) is 2.56. The molecule has 0 bridgehead atoms. The third-order valence-electron chi connectivity index (χ3n) is 3.55. The minimum absolute atomic E-state index is 0.248. The number of anilines is 1. The molecule has 1 aliphatic rings. The van der Waals surface area contributed by atoms with Crippen LogP contribution in [-0.4, -0.2) is 23.7 Å². The Kier molecular flexibility index (Phi) is 4.80. The summed E-state index contributed by atoms with van der Waals surface area (Å²) in [6.45, 7) is 0. The largest absolute Gasteiger partial charge is 0.448 e. The summed E-state index contributed by atoms with van der Waals surface area (Å²) < 4.78 is 30.3. The number of cyclic esters (lactones) is 1. The topological polar surface area (TPSA) is 55.4 Å². The molecule has 1 aliphatic heterocycles. The zero-order chi connectivity index (χ0) is 17.1. The lowest BCUT2D eigenvalue weighted by Gasteiger charge is -2.24. The molecule has 1 heterocycles. The molecular weight excluding hydrogens is 336 g/mol. The molecule has 7 heteroatoms. The molecule has 0 radical (unpaired) electrons. The van der Waals surface area contributed by atoms with Gasteiger partial charge in [-0.3, -0.25) is 4.79 Å². The molecule has 124 valence electrons. The van der Waals surface area contributed by atoms with E-state index in [1.54, 1.807) is 36.4 Å². The number of hydrogen-bond donors (Lipinski definition) is 1. The van der Waals surface area contributed by atoms with Crippen molar-refractivity contribution in [2.75, 3.05) is 5.32 Å². The van der Waals surface area contributed by atoms with E-state index in [0.29, 0.717) is 17.3 Å². The quantitative estimate of drug-likeness (QED) is 0.675. The van der Waals surface area contributed by atoms with Gasteiger partial charge in [-0.25, -0.2) is 4.79 Å². The molecule has 2 aromatic rings. The van der Waals surface area contributed by atoms with Gasteiger partial charge in [0.25, 0.3) is 11.7 Å². The molecule has 4 nitrogen and oxygen atoms in total. The van der Waals surface area contributed by atoms with Gasteiger partial charge in [0, 0.05) is 11.3 Å². The van der Waals surface area contributed by atoms with Crippen molar-refractivity contribution in [3.8, 4) is 0 Å². The average molecular weight is 349 g/mol. The standard InChI is InChI=1S/C17H13F2NO3S/c18-17(19)24-14-8-4-3-7-12(14)20-15(21)13-9-10-5-1-2-6-11(10)16(22)23-13/h1-8,13,17H,9H2,(H,20,21). The van der Waals surface area contributed by atoms with Gasteiger partial charge >= 0.3 is 5.97 Å². The van der Waals surface area contributed by atoms with Gasteiger partial charge in [0.2, 0.25) is 0 Å². The zero-order valence-corrected chi connectivity index (χ0v) is 13.2. The number of amides is 1. The van der Waals surface area contributed by atoms with Crippen LogP contribution in [0.15, 0.2) is 53.4 Å². The van der Waals surface area contributed by atoms with Crippen molar-refractivity contribution in [3.63, 3.8) is 0 Å². The minimum Gasteiger partial charge on any atom is -0.448 e. The molecule has 1 amide bonds. The van der Waals surface area contributed by atoms with Crippen molar-refractivity contribution < 1.29 is 23.1 Å². The van der Waals surface area contributed by atoms with Crippen LogP contribution in [0, 0.1) is 0 Å². The normalized spacial score (nSPS) is 16.5. The maximum atomic E-state index is 12.6. The minimum atomic E-state index is -2.59. The van der Waals surface area contributed by atoms with E-state index in [4.69, 9.17) is 4.74 Å². The van der Waals surface area contributed by atoms with Gasteiger partial charge < -0.3 is 10.1 Å². The Hall–Kier alpha value is -2.41. The monoisotopic (exact) mass is 349 g/mol. The van der Waals surface area contributed by atoms with Gasteiger partial charge in [0.15, 0.2) is 6.10 Å². The molecule has 0 fully saturated rings. The van der Waals surface area contributed by atoms with Crippen LogP contribution < -0.4 is 5.32 Å². The van der Waals surface area contributed by atoms with Gasteiger partial charge in [-0.1, -0.05) is 42.1 Å². The van der Waals surface area contributed by atoms with Crippen LogP contribution in [0.4, 0.5) is 14.5 Å². The van der Waals surface area contributed by atoms with Gasteiger partial charge in [0.05, 0.1) is 11.3 Å². The summed E-state index contributed by atoms with van der Waals surface area (Å²) in [5, 5.41) is 2.57. The summed E-state index contributed by atoms with van der Waals surface area (Å²) in [6.07, 6.45) is -0.741. The number of ether oxygens (including phenoxy) is 1. The summed E-state index contributed by atoms with van der Waals surface area (Å²) in [5.74, 6) is -3.70. The van der Waals surface area contributed by atoms with Crippen LogP contribution in [0.1, 0.15) is 15.9 Å². The second-order valence-corrected chi connectivity index (χ2v) is 6.15. The maximum Gasteiger partial charge on any atom is 0.339 e. The van der Waals surface area contributed by atoms with E-state index in [0.717, 1.165) is 5.56 Å². The Balaban J connectivity index is 1.76. The highest BCUT2D eigenvalue weighted by Gasteiger charge is 2.31. The van der Waals surface area contributed by atoms with E-state index in [2.05, 4.69) is 5.32 Å². The van der Waals surface area contributed by atoms with Crippen molar-refractivity contribution in [1.82, 2.24) is 0 Å². The summed E-state index contributed by atoms with van der Waals surface area (Å²) in [5.41, 5.74) is 1.43.